The van der Waals surface area contributed by atoms with Gasteiger partial charge in [-0.15, -0.1) is 0 Å². The summed E-state index contributed by atoms with van der Waals surface area (Å²) in [6.07, 6.45) is 4.64. The van der Waals surface area contributed by atoms with Crippen LogP contribution < -0.4 is 15.2 Å². The molecule has 0 radical (unpaired) electrons. The van der Waals surface area contributed by atoms with Gasteiger partial charge in [-0.2, -0.15) is 0 Å². The minimum atomic E-state index is -0.192. The molecule has 23 heavy (non-hydrogen) atoms. The smallest absolute Gasteiger partial charge is 0.270 e. The van der Waals surface area contributed by atoms with Crippen LogP contribution in [0.2, 0.25) is 5.02 Å². The van der Waals surface area contributed by atoms with Crippen molar-refractivity contribution in [3.8, 4) is 5.75 Å². The number of hydrogen-bond donors (Lipinski definition) is 1. The third kappa shape index (κ3) is 3.03. The Morgan fingerprint density at radius 2 is 2.13 bits per heavy atom. The van der Waals surface area contributed by atoms with Gasteiger partial charge in [0.15, 0.2) is 0 Å². The normalized spacial score (nSPS) is 12.7. The molecule has 118 valence electrons. The molecule has 1 heterocycles. The lowest BCUT2D eigenvalue weighted by molar-refractivity contribution is 0.0952. The third-order valence-electron chi connectivity index (χ3n) is 3.79. The summed E-state index contributed by atoms with van der Waals surface area (Å²) in [5.41, 5.74) is 6.28. The van der Waals surface area contributed by atoms with Crippen LogP contribution in [0.4, 0.5) is 5.69 Å². The first-order valence-electron chi connectivity index (χ1n) is 7.29. The van der Waals surface area contributed by atoms with Crippen molar-refractivity contribution in [2.75, 3.05) is 12.1 Å². The molecule has 1 aliphatic heterocycles. The lowest BCUT2D eigenvalue weighted by atomic mass is 10.1. The van der Waals surface area contributed by atoms with E-state index in [0.717, 1.165) is 29.0 Å². The number of nitrogens with one attached hydrogen (secondary N) is 1. The number of allylic oxidation sites excluding steroid dienone is 1. The van der Waals surface area contributed by atoms with Gasteiger partial charge < -0.3 is 4.74 Å². The molecule has 2 aromatic carbocycles. The zero-order valence-electron chi connectivity index (χ0n) is 13.0. The Hall–Kier alpha value is -2.46. The van der Waals surface area contributed by atoms with Crippen molar-refractivity contribution in [1.82, 2.24) is 5.43 Å². The molecule has 0 saturated heterocycles. The molecule has 0 saturated carbocycles. The van der Waals surface area contributed by atoms with E-state index < -0.39 is 0 Å². The van der Waals surface area contributed by atoms with Crippen molar-refractivity contribution in [3.05, 3.63) is 70.4 Å². The van der Waals surface area contributed by atoms with E-state index in [9.17, 15) is 4.79 Å². The molecule has 0 unspecified atom stereocenters. The van der Waals surface area contributed by atoms with E-state index in [1.54, 1.807) is 30.3 Å². The number of anilines is 1. The number of amides is 1. The summed E-state index contributed by atoms with van der Waals surface area (Å²) in [6.45, 7) is 1.86. The van der Waals surface area contributed by atoms with Crippen molar-refractivity contribution in [2.45, 2.75) is 13.3 Å². The van der Waals surface area contributed by atoms with Crippen LogP contribution in [0.3, 0.4) is 0 Å². The molecular weight excluding hydrogens is 312 g/mol. The van der Waals surface area contributed by atoms with E-state index in [4.69, 9.17) is 16.3 Å². The Kier molecular flexibility index (Phi) is 4.26. The summed E-state index contributed by atoms with van der Waals surface area (Å²) in [6, 6.07) is 11.1. The number of para-hydroxylation sites is 1. The summed E-state index contributed by atoms with van der Waals surface area (Å²) in [7, 11) is 1.62. The topological polar surface area (TPSA) is 41.6 Å². The van der Waals surface area contributed by atoms with Crippen molar-refractivity contribution in [1.29, 1.82) is 0 Å². The van der Waals surface area contributed by atoms with Crippen LogP contribution in [-0.4, -0.2) is 13.0 Å². The molecule has 1 aliphatic rings. The van der Waals surface area contributed by atoms with Crippen LogP contribution in [0.25, 0.3) is 0 Å². The van der Waals surface area contributed by atoms with Crippen molar-refractivity contribution in [3.63, 3.8) is 0 Å². The van der Waals surface area contributed by atoms with Gasteiger partial charge in [-0.1, -0.05) is 29.8 Å². The first kappa shape index (κ1) is 15.4. The fourth-order valence-corrected chi connectivity index (χ4v) is 2.90. The highest BCUT2D eigenvalue weighted by molar-refractivity contribution is 6.30. The number of nitrogens with zero attached hydrogens (tertiary/aromatic N) is 1. The minimum Gasteiger partial charge on any atom is -0.494 e. The Morgan fingerprint density at radius 3 is 2.87 bits per heavy atom. The second kappa shape index (κ2) is 6.34. The van der Waals surface area contributed by atoms with E-state index >= 15 is 0 Å². The highest BCUT2D eigenvalue weighted by atomic mass is 35.5. The zero-order valence-corrected chi connectivity index (χ0v) is 13.7. The fourth-order valence-electron chi connectivity index (χ4n) is 2.67. The fraction of sp³-hybridized carbons (Fsp3) is 0.167. The van der Waals surface area contributed by atoms with Gasteiger partial charge in [-0.05, 0) is 48.7 Å². The van der Waals surface area contributed by atoms with Gasteiger partial charge in [0.25, 0.3) is 5.91 Å². The van der Waals surface area contributed by atoms with Crippen LogP contribution in [0.1, 0.15) is 21.5 Å². The number of hydrazine groups is 1. The number of aryl methyl sites for hydroxylation is 1. The molecule has 0 bridgehead atoms. The number of carbonyl (C=O) groups excluding carboxylic acids is 1. The maximum absolute atomic E-state index is 12.6. The molecule has 0 aromatic heterocycles. The molecule has 5 heteroatoms. The van der Waals surface area contributed by atoms with E-state index in [0.29, 0.717) is 10.6 Å². The van der Waals surface area contributed by atoms with Crippen LogP contribution in [-0.2, 0) is 6.42 Å². The predicted octanol–water partition coefficient (Wildman–Crippen LogP) is 3.88. The SMILES string of the molecule is COc1cccc2c1N(NC(=O)c1ccc(Cl)cc1C)C=CC2. The van der Waals surface area contributed by atoms with E-state index in [1.807, 2.05) is 37.4 Å². The van der Waals surface area contributed by atoms with Crippen molar-refractivity contribution in [2.24, 2.45) is 0 Å². The lowest BCUT2D eigenvalue weighted by Crippen LogP contribution is -2.40. The van der Waals surface area contributed by atoms with E-state index in [1.165, 1.54) is 0 Å². The number of halogens is 1. The maximum atomic E-state index is 12.6. The van der Waals surface area contributed by atoms with E-state index in [2.05, 4.69) is 5.43 Å². The zero-order chi connectivity index (χ0) is 16.4. The molecule has 2 aromatic rings. The third-order valence-corrected chi connectivity index (χ3v) is 4.03. The number of methoxy groups -OCH3 is 1. The number of hydrogen-bond acceptors (Lipinski definition) is 3. The number of rotatable bonds is 3. The van der Waals surface area contributed by atoms with Crippen LogP contribution >= 0.6 is 11.6 Å². The Labute approximate surface area is 140 Å². The second-order valence-electron chi connectivity index (χ2n) is 5.33. The summed E-state index contributed by atoms with van der Waals surface area (Å²) < 4.78 is 5.43. The standard InChI is InChI=1S/C18H17ClN2O2/c1-12-11-14(19)8-9-15(12)18(22)20-21-10-4-6-13-5-3-7-16(23-2)17(13)21/h3-5,7-11H,6H2,1-2H3,(H,20,22). The predicted molar refractivity (Wildman–Crippen MR) is 92.0 cm³/mol. The molecular formula is C18H17ClN2O2. The number of benzene rings is 2. The quantitative estimate of drug-likeness (QED) is 0.929. The molecule has 0 spiro atoms. The largest absolute Gasteiger partial charge is 0.494 e. The highest BCUT2D eigenvalue weighted by Crippen LogP contribution is 2.34. The lowest BCUT2D eigenvalue weighted by Gasteiger charge is -2.28. The first-order valence-corrected chi connectivity index (χ1v) is 7.67. The molecule has 1 amide bonds. The van der Waals surface area contributed by atoms with Gasteiger partial charge >= 0.3 is 0 Å². The second-order valence-corrected chi connectivity index (χ2v) is 5.76. The molecule has 4 nitrogen and oxygen atoms in total. The summed E-state index contributed by atoms with van der Waals surface area (Å²) in [5, 5.41) is 2.32. The summed E-state index contributed by atoms with van der Waals surface area (Å²) >= 11 is 5.95. The Balaban J connectivity index is 1.90. The van der Waals surface area contributed by atoms with Gasteiger partial charge in [0.05, 0.1) is 7.11 Å². The molecule has 0 fully saturated rings. The summed E-state index contributed by atoms with van der Waals surface area (Å²) in [5.74, 6) is 0.530. The van der Waals surface area contributed by atoms with Crippen LogP contribution in [0, 0.1) is 6.92 Å². The number of ether oxygens (including phenoxy) is 1. The Morgan fingerprint density at radius 1 is 1.30 bits per heavy atom. The van der Waals surface area contributed by atoms with Crippen molar-refractivity contribution >= 4 is 23.2 Å². The molecule has 0 aliphatic carbocycles. The number of carbonyl (C=O) groups is 1. The molecule has 1 N–H and O–H groups in total. The van der Waals surface area contributed by atoms with Gasteiger partial charge in [-0.3, -0.25) is 15.2 Å². The van der Waals surface area contributed by atoms with Gasteiger partial charge in [0, 0.05) is 16.8 Å². The van der Waals surface area contributed by atoms with Gasteiger partial charge in [0.1, 0.15) is 11.4 Å². The highest BCUT2D eigenvalue weighted by Gasteiger charge is 2.20. The van der Waals surface area contributed by atoms with Gasteiger partial charge in [0.2, 0.25) is 0 Å². The molecule has 0 atom stereocenters. The van der Waals surface area contributed by atoms with Crippen LogP contribution in [0.15, 0.2) is 48.7 Å². The minimum absolute atomic E-state index is 0.192. The summed E-state index contributed by atoms with van der Waals surface area (Å²) in [4.78, 5) is 12.6. The monoisotopic (exact) mass is 328 g/mol. The van der Waals surface area contributed by atoms with Crippen LogP contribution in [0.5, 0.6) is 5.75 Å². The van der Waals surface area contributed by atoms with E-state index in [-0.39, 0.29) is 5.91 Å². The average molecular weight is 329 g/mol. The maximum Gasteiger partial charge on any atom is 0.270 e. The number of fused-ring (bicyclic) bond motifs is 1. The van der Waals surface area contributed by atoms with Gasteiger partial charge in [-0.25, -0.2) is 0 Å². The average Bonchev–Trinajstić information content (AvgIpc) is 2.54. The van der Waals surface area contributed by atoms with Crippen molar-refractivity contribution < 1.29 is 9.53 Å². The Bertz CT molecular complexity index is 787. The first-order chi connectivity index (χ1) is 11.1. The molecule has 3 rings (SSSR count).